The first-order valence-electron chi connectivity index (χ1n) is 9.41. The van der Waals surface area contributed by atoms with Crippen LogP contribution >= 0.6 is 11.6 Å². The van der Waals surface area contributed by atoms with E-state index in [4.69, 9.17) is 16.3 Å². The number of nitrogens with one attached hydrogen (secondary N) is 1. The topological polar surface area (TPSA) is 65.1 Å². The van der Waals surface area contributed by atoms with Gasteiger partial charge in [0.05, 0.1) is 26.3 Å². The van der Waals surface area contributed by atoms with Gasteiger partial charge in [-0.15, -0.1) is 0 Å². The average molecular weight is 395 g/mol. The SMILES string of the molecule is O=C(CN1CCN(C(=O)CN2CCOCC2)CC1)NCc1cccc(Cl)c1. The van der Waals surface area contributed by atoms with Gasteiger partial charge in [-0.1, -0.05) is 23.7 Å². The van der Waals surface area contributed by atoms with Gasteiger partial charge in [-0.2, -0.15) is 0 Å². The molecule has 1 aromatic rings. The van der Waals surface area contributed by atoms with Crippen molar-refractivity contribution in [3.05, 3.63) is 34.9 Å². The molecule has 7 nitrogen and oxygen atoms in total. The Hall–Kier alpha value is -1.67. The predicted octanol–water partition coefficient (Wildman–Crippen LogP) is 0.433. The van der Waals surface area contributed by atoms with Crippen molar-refractivity contribution < 1.29 is 14.3 Å². The second-order valence-electron chi connectivity index (χ2n) is 6.95. The summed E-state index contributed by atoms with van der Waals surface area (Å²) in [4.78, 5) is 30.7. The molecule has 0 radical (unpaired) electrons. The molecule has 2 fully saturated rings. The Morgan fingerprint density at radius 1 is 1.00 bits per heavy atom. The quantitative estimate of drug-likeness (QED) is 0.758. The third-order valence-electron chi connectivity index (χ3n) is 4.93. The van der Waals surface area contributed by atoms with E-state index in [0.29, 0.717) is 51.0 Å². The van der Waals surface area contributed by atoms with Gasteiger partial charge < -0.3 is 15.0 Å². The summed E-state index contributed by atoms with van der Waals surface area (Å²) in [5.74, 6) is 0.157. The Morgan fingerprint density at radius 3 is 2.41 bits per heavy atom. The molecule has 148 valence electrons. The van der Waals surface area contributed by atoms with Crippen molar-refractivity contribution in [3.8, 4) is 0 Å². The van der Waals surface area contributed by atoms with E-state index in [-0.39, 0.29) is 11.8 Å². The van der Waals surface area contributed by atoms with Crippen LogP contribution < -0.4 is 5.32 Å². The van der Waals surface area contributed by atoms with Gasteiger partial charge in [0, 0.05) is 50.8 Å². The summed E-state index contributed by atoms with van der Waals surface area (Å²) in [6.45, 7) is 7.11. The minimum atomic E-state index is -0.0110. The number of benzene rings is 1. The zero-order valence-corrected chi connectivity index (χ0v) is 16.3. The molecule has 2 aliphatic rings. The molecule has 2 aliphatic heterocycles. The molecule has 0 saturated carbocycles. The molecule has 8 heteroatoms. The van der Waals surface area contributed by atoms with Crippen LogP contribution in [-0.4, -0.2) is 92.1 Å². The van der Waals surface area contributed by atoms with Crippen molar-refractivity contribution >= 4 is 23.4 Å². The van der Waals surface area contributed by atoms with Gasteiger partial charge >= 0.3 is 0 Å². The Labute approximate surface area is 165 Å². The largest absolute Gasteiger partial charge is 0.379 e. The van der Waals surface area contributed by atoms with Gasteiger partial charge in [0.25, 0.3) is 0 Å². The summed E-state index contributed by atoms with van der Waals surface area (Å²) in [6.07, 6.45) is 0. The third kappa shape index (κ3) is 6.46. The van der Waals surface area contributed by atoms with Crippen LogP contribution in [0.15, 0.2) is 24.3 Å². The lowest BCUT2D eigenvalue weighted by molar-refractivity contribution is -0.135. The maximum Gasteiger partial charge on any atom is 0.236 e. The van der Waals surface area contributed by atoms with Crippen molar-refractivity contribution in [2.75, 3.05) is 65.6 Å². The van der Waals surface area contributed by atoms with Gasteiger partial charge in [-0.3, -0.25) is 19.4 Å². The zero-order valence-electron chi connectivity index (χ0n) is 15.5. The number of amides is 2. The first-order valence-corrected chi connectivity index (χ1v) is 9.79. The van der Waals surface area contributed by atoms with Crippen LogP contribution in [-0.2, 0) is 20.9 Å². The molecule has 2 amide bonds. The summed E-state index contributed by atoms with van der Waals surface area (Å²) >= 11 is 5.95. The van der Waals surface area contributed by atoms with Crippen LogP contribution in [0.3, 0.4) is 0 Å². The van der Waals surface area contributed by atoms with Crippen molar-refractivity contribution in [1.82, 2.24) is 20.0 Å². The first-order chi connectivity index (χ1) is 13.1. The highest BCUT2D eigenvalue weighted by Gasteiger charge is 2.24. The number of nitrogens with zero attached hydrogens (tertiary/aromatic N) is 3. The van der Waals surface area contributed by atoms with Gasteiger partial charge in [0.15, 0.2) is 0 Å². The number of piperazine rings is 1. The Balaban J connectivity index is 1.34. The molecule has 0 spiro atoms. The van der Waals surface area contributed by atoms with E-state index in [1.54, 1.807) is 0 Å². The van der Waals surface area contributed by atoms with Crippen molar-refractivity contribution in [2.24, 2.45) is 0 Å². The van der Waals surface area contributed by atoms with E-state index in [1.165, 1.54) is 0 Å². The Kier molecular flexibility index (Phi) is 7.46. The fourth-order valence-electron chi connectivity index (χ4n) is 3.31. The van der Waals surface area contributed by atoms with Gasteiger partial charge in [-0.25, -0.2) is 0 Å². The van der Waals surface area contributed by atoms with E-state index >= 15 is 0 Å². The molecule has 2 saturated heterocycles. The number of hydrogen-bond donors (Lipinski definition) is 1. The van der Waals surface area contributed by atoms with Crippen LogP contribution in [0.1, 0.15) is 5.56 Å². The van der Waals surface area contributed by atoms with Gasteiger partial charge in [-0.05, 0) is 17.7 Å². The zero-order chi connectivity index (χ0) is 19.1. The van der Waals surface area contributed by atoms with E-state index in [2.05, 4.69) is 15.1 Å². The fourth-order valence-corrected chi connectivity index (χ4v) is 3.53. The molecular weight excluding hydrogens is 368 g/mol. The van der Waals surface area contributed by atoms with E-state index < -0.39 is 0 Å². The van der Waals surface area contributed by atoms with Crippen molar-refractivity contribution in [1.29, 1.82) is 0 Å². The Morgan fingerprint density at radius 2 is 1.70 bits per heavy atom. The fraction of sp³-hybridized carbons (Fsp3) is 0.579. The molecule has 1 aromatic carbocycles. The molecule has 0 bridgehead atoms. The number of ether oxygens (including phenoxy) is 1. The molecule has 1 N–H and O–H groups in total. The minimum Gasteiger partial charge on any atom is -0.379 e. The van der Waals surface area contributed by atoms with Gasteiger partial charge in [0.2, 0.25) is 11.8 Å². The number of carbonyl (C=O) groups excluding carboxylic acids is 2. The Bertz CT molecular complexity index is 644. The molecule has 3 rings (SSSR count). The predicted molar refractivity (Wildman–Crippen MR) is 104 cm³/mol. The molecule has 2 heterocycles. The van der Waals surface area contributed by atoms with E-state index in [0.717, 1.165) is 31.7 Å². The molecule has 0 aromatic heterocycles. The van der Waals surface area contributed by atoms with E-state index in [9.17, 15) is 9.59 Å². The second-order valence-corrected chi connectivity index (χ2v) is 7.39. The number of carbonyl (C=O) groups is 2. The van der Waals surface area contributed by atoms with Crippen molar-refractivity contribution in [2.45, 2.75) is 6.54 Å². The lowest BCUT2D eigenvalue weighted by Gasteiger charge is -2.36. The van der Waals surface area contributed by atoms with Gasteiger partial charge in [0.1, 0.15) is 0 Å². The van der Waals surface area contributed by atoms with Crippen LogP contribution in [0.5, 0.6) is 0 Å². The highest BCUT2D eigenvalue weighted by molar-refractivity contribution is 6.30. The van der Waals surface area contributed by atoms with Crippen LogP contribution in [0.2, 0.25) is 5.02 Å². The number of halogens is 1. The molecular formula is C19H27ClN4O3. The average Bonchev–Trinajstić information content (AvgIpc) is 2.68. The third-order valence-corrected chi connectivity index (χ3v) is 5.17. The summed E-state index contributed by atoms with van der Waals surface area (Å²) < 4.78 is 5.31. The first kappa shape index (κ1) is 20.1. The summed E-state index contributed by atoms with van der Waals surface area (Å²) in [7, 11) is 0. The lowest BCUT2D eigenvalue weighted by atomic mass is 10.2. The molecule has 0 atom stereocenters. The smallest absolute Gasteiger partial charge is 0.236 e. The van der Waals surface area contributed by atoms with E-state index in [1.807, 2.05) is 29.2 Å². The molecule has 0 aliphatic carbocycles. The summed E-state index contributed by atoms with van der Waals surface area (Å²) in [5.41, 5.74) is 0.981. The maximum atomic E-state index is 12.4. The number of morpholine rings is 1. The maximum absolute atomic E-state index is 12.4. The standard InChI is InChI=1S/C19H27ClN4O3/c20-17-3-1-2-16(12-17)13-21-18(25)14-22-4-6-24(7-5-22)19(26)15-23-8-10-27-11-9-23/h1-3,12H,4-11,13-15H2,(H,21,25). The summed E-state index contributed by atoms with van der Waals surface area (Å²) in [5, 5.41) is 3.59. The van der Waals surface area contributed by atoms with Crippen LogP contribution in [0.25, 0.3) is 0 Å². The number of rotatable bonds is 6. The number of hydrogen-bond acceptors (Lipinski definition) is 5. The molecule has 0 unspecified atom stereocenters. The monoisotopic (exact) mass is 394 g/mol. The lowest BCUT2D eigenvalue weighted by Crippen LogP contribution is -2.53. The summed E-state index contributed by atoms with van der Waals surface area (Å²) in [6, 6.07) is 7.47. The minimum absolute atomic E-state index is 0.0110. The molecule has 27 heavy (non-hydrogen) atoms. The highest BCUT2D eigenvalue weighted by Crippen LogP contribution is 2.10. The van der Waals surface area contributed by atoms with Crippen LogP contribution in [0, 0.1) is 0 Å². The normalized spacial score (nSPS) is 19.1. The van der Waals surface area contributed by atoms with Crippen LogP contribution in [0.4, 0.5) is 0 Å². The second kappa shape index (κ2) is 10.0. The van der Waals surface area contributed by atoms with Crippen molar-refractivity contribution in [3.63, 3.8) is 0 Å². The highest BCUT2D eigenvalue weighted by atomic mass is 35.5.